The van der Waals surface area contributed by atoms with Gasteiger partial charge in [0, 0.05) is 26.1 Å². The summed E-state index contributed by atoms with van der Waals surface area (Å²) in [6.45, 7) is 2.12. The van der Waals surface area contributed by atoms with Gasteiger partial charge < -0.3 is 15.0 Å². The van der Waals surface area contributed by atoms with Crippen LogP contribution in [0.1, 0.15) is 27.6 Å². The lowest BCUT2D eigenvalue weighted by Crippen LogP contribution is -2.41. The predicted molar refractivity (Wildman–Crippen MR) is 111 cm³/mol. The van der Waals surface area contributed by atoms with Crippen molar-refractivity contribution in [3.8, 4) is 5.75 Å². The second-order valence-corrected chi connectivity index (χ2v) is 7.50. The Labute approximate surface area is 178 Å². The minimum Gasteiger partial charge on any atom is -0.490 e. The number of benzene rings is 2. The number of H-pyrrole nitrogens is 1. The highest BCUT2D eigenvalue weighted by Gasteiger charge is 2.30. The summed E-state index contributed by atoms with van der Waals surface area (Å²) >= 11 is 0. The Morgan fingerprint density at radius 3 is 2.84 bits per heavy atom. The summed E-state index contributed by atoms with van der Waals surface area (Å²) in [6, 6.07) is 12.0. The van der Waals surface area contributed by atoms with Crippen LogP contribution in [0.25, 0.3) is 0 Å². The number of nitrogens with one attached hydrogen (secondary N) is 2. The topological polar surface area (TPSA) is 100 Å². The van der Waals surface area contributed by atoms with E-state index in [1.165, 1.54) is 23.1 Å². The zero-order chi connectivity index (χ0) is 22.0. The summed E-state index contributed by atoms with van der Waals surface area (Å²) in [7, 11) is 1.55. The molecule has 0 spiro atoms. The van der Waals surface area contributed by atoms with Gasteiger partial charge in [-0.05, 0) is 24.6 Å². The molecule has 8 nitrogen and oxygen atoms in total. The van der Waals surface area contributed by atoms with E-state index in [1.54, 1.807) is 7.05 Å². The number of rotatable bonds is 5. The van der Waals surface area contributed by atoms with Crippen molar-refractivity contribution in [3.05, 3.63) is 71.1 Å². The van der Waals surface area contributed by atoms with E-state index in [-0.39, 0.29) is 24.9 Å². The smallest absolute Gasteiger partial charge is 0.290 e. The molecule has 0 bridgehead atoms. The molecule has 2 heterocycles. The summed E-state index contributed by atoms with van der Waals surface area (Å²) in [5.74, 6) is -0.867. The summed E-state index contributed by atoms with van der Waals surface area (Å²) < 4.78 is 19.2. The molecule has 4 rings (SSSR count). The quantitative estimate of drug-likeness (QED) is 0.656. The van der Waals surface area contributed by atoms with Crippen molar-refractivity contribution in [1.29, 1.82) is 0 Å². The summed E-state index contributed by atoms with van der Waals surface area (Å²) in [5.41, 5.74) is 2.57. The number of aryl methyl sites for hydroxylation is 1. The van der Waals surface area contributed by atoms with Crippen molar-refractivity contribution in [1.82, 2.24) is 20.5 Å². The molecule has 0 saturated heterocycles. The molecule has 31 heavy (non-hydrogen) atoms. The second-order valence-electron chi connectivity index (χ2n) is 7.50. The summed E-state index contributed by atoms with van der Waals surface area (Å²) in [6.07, 6.45) is 0.523. The van der Waals surface area contributed by atoms with E-state index in [2.05, 4.69) is 20.5 Å². The van der Waals surface area contributed by atoms with Gasteiger partial charge in [-0.3, -0.25) is 14.7 Å². The van der Waals surface area contributed by atoms with Gasteiger partial charge in [0.05, 0.1) is 11.6 Å². The number of hydrogen-bond acceptors (Lipinski definition) is 5. The first-order valence-corrected chi connectivity index (χ1v) is 9.85. The Balaban J connectivity index is 1.37. The lowest BCUT2D eigenvalue weighted by Gasteiger charge is -2.19. The van der Waals surface area contributed by atoms with Crippen molar-refractivity contribution < 1.29 is 18.7 Å². The highest BCUT2D eigenvalue weighted by atomic mass is 19.1. The predicted octanol–water partition coefficient (Wildman–Crippen LogP) is 2.24. The van der Waals surface area contributed by atoms with Gasteiger partial charge in [-0.2, -0.15) is 0 Å². The van der Waals surface area contributed by atoms with Crippen LogP contribution in [0.4, 0.5) is 10.1 Å². The van der Waals surface area contributed by atoms with Crippen molar-refractivity contribution in [2.45, 2.75) is 13.3 Å². The fraction of sp³-hybridized carbons (Fsp3) is 0.273. The molecule has 3 aromatic rings. The molecule has 0 radical (unpaired) electrons. The van der Waals surface area contributed by atoms with E-state index >= 15 is 0 Å². The standard InChI is InChI=1S/C22H22FN5O3/c1-13-3-5-14(6-4-13)9-19-25-20(27-26-19)21(29)24-11-15-12-31-18-8-7-16(23)10-17(18)28(2)22(15)30/h3-8,10,15H,9,11-12H2,1-2H3,(H,24,29)(H,25,26,27). The molecule has 160 valence electrons. The number of anilines is 1. The number of aromatic nitrogens is 3. The van der Waals surface area contributed by atoms with Crippen LogP contribution in [0.15, 0.2) is 42.5 Å². The fourth-order valence-electron chi connectivity index (χ4n) is 3.35. The van der Waals surface area contributed by atoms with E-state index < -0.39 is 17.6 Å². The van der Waals surface area contributed by atoms with Gasteiger partial charge in [0.25, 0.3) is 5.91 Å². The van der Waals surface area contributed by atoms with Gasteiger partial charge in [-0.15, -0.1) is 5.10 Å². The maximum absolute atomic E-state index is 13.6. The first-order valence-electron chi connectivity index (χ1n) is 9.85. The van der Waals surface area contributed by atoms with Crippen molar-refractivity contribution in [2.24, 2.45) is 5.92 Å². The van der Waals surface area contributed by atoms with Crippen LogP contribution in [0.5, 0.6) is 5.75 Å². The molecule has 2 amide bonds. The number of aromatic amines is 1. The number of halogens is 1. The maximum Gasteiger partial charge on any atom is 0.290 e. The largest absolute Gasteiger partial charge is 0.490 e. The molecule has 0 fully saturated rings. The number of ether oxygens (including phenoxy) is 1. The maximum atomic E-state index is 13.6. The van der Waals surface area contributed by atoms with E-state index in [0.29, 0.717) is 23.7 Å². The molecule has 2 aromatic carbocycles. The zero-order valence-corrected chi connectivity index (χ0v) is 17.2. The Bertz CT molecular complexity index is 1110. The molecule has 1 unspecified atom stereocenters. The lowest BCUT2D eigenvalue weighted by molar-refractivity contribution is -0.122. The first kappa shape index (κ1) is 20.5. The van der Waals surface area contributed by atoms with Gasteiger partial charge in [0.2, 0.25) is 11.7 Å². The Morgan fingerprint density at radius 2 is 2.06 bits per heavy atom. The molecule has 1 aromatic heterocycles. The SMILES string of the molecule is Cc1ccc(Cc2nc(C(=O)NCC3COc4ccc(F)cc4N(C)C3=O)n[nH]2)cc1. The number of fused-ring (bicyclic) bond motifs is 1. The number of carbonyl (C=O) groups is 2. The summed E-state index contributed by atoms with van der Waals surface area (Å²) in [5, 5.41) is 9.43. The average Bonchev–Trinajstić information content (AvgIpc) is 3.19. The molecule has 1 aliphatic heterocycles. The fourth-order valence-corrected chi connectivity index (χ4v) is 3.35. The van der Waals surface area contributed by atoms with E-state index in [1.807, 2.05) is 31.2 Å². The normalized spacial score (nSPS) is 15.8. The average molecular weight is 423 g/mol. The number of carbonyl (C=O) groups excluding carboxylic acids is 2. The third-order valence-corrected chi connectivity index (χ3v) is 5.14. The van der Waals surface area contributed by atoms with Crippen molar-refractivity contribution >= 4 is 17.5 Å². The monoisotopic (exact) mass is 423 g/mol. The van der Waals surface area contributed by atoms with Crippen molar-refractivity contribution in [3.63, 3.8) is 0 Å². The molecule has 0 saturated carbocycles. The van der Waals surface area contributed by atoms with Crippen LogP contribution in [0.2, 0.25) is 0 Å². The van der Waals surface area contributed by atoms with Crippen LogP contribution in [-0.4, -0.2) is 47.2 Å². The van der Waals surface area contributed by atoms with Gasteiger partial charge >= 0.3 is 0 Å². The zero-order valence-electron chi connectivity index (χ0n) is 17.2. The number of amides is 2. The van der Waals surface area contributed by atoms with Gasteiger partial charge in [-0.25, -0.2) is 9.37 Å². The minimum atomic E-state index is -0.629. The van der Waals surface area contributed by atoms with Crippen LogP contribution in [-0.2, 0) is 11.2 Å². The van der Waals surface area contributed by atoms with Gasteiger partial charge in [0.15, 0.2) is 0 Å². The first-order chi connectivity index (χ1) is 14.9. The second kappa shape index (κ2) is 8.55. The van der Waals surface area contributed by atoms with E-state index in [0.717, 1.165) is 11.1 Å². The van der Waals surface area contributed by atoms with E-state index in [9.17, 15) is 14.0 Å². The Hall–Kier alpha value is -3.75. The highest BCUT2D eigenvalue weighted by molar-refractivity contribution is 5.97. The van der Waals surface area contributed by atoms with Crippen LogP contribution < -0.4 is 15.0 Å². The van der Waals surface area contributed by atoms with E-state index in [4.69, 9.17) is 4.74 Å². The number of nitrogens with zero attached hydrogens (tertiary/aromatic N) is 3. The van der Waals surface area contributed by atoms with Gasteiger partial charge in [-0.1, -0.05) is 29.8 Å². The molecular formula is C22H22FN5O3. The third-order valence-electron chi connectivity index (χ3n) is 5.14. The Kier molecular flexibility index (Phi) is 5.66. The molecule has 9 heteroatoms. The van der Waals surface area contributed by atoms with Crippen LogP contribution in [0, 0.1) is 18.7 Å². The third kappa shape index (κ3) is 4.55. The lowest BCUT2D eigenvalue weighted by atomic mass is 10.1. The molecule has 1 atom stereocenters. The Morgan fingerprint density at radius 1 is 1.29 bits per heavy atom. The van der Waals surface area contributed by atoms with Crippen LogP contribution in [0.3, 0.4) is 0 Å². The number of hydrogen-bond donors (Lipinski definition) is 2. The van der Waals surface area contributed by atoms with Crippen LogP contribution >= 0.6 is 0 Å². The summed E-state index contributed by atoms with van der Waals surface area (Å²) in [4.78, 5) is 30.8. The van der Waals surface area contributed by atoms with Crippen molar-refractivity contribution in [2.75, 3.05) is 25.1 Å². The molecule has 0 aliphatic carbocycles. The van der Waals surface area contributed by atoms with Gasteiger partial charge in [0.1, 0.15) is 24.0 Å². The molecule has 1 aliphatic rings. The molecule has 2 N–H and O–H groups in total. The minimum absolute atomic E-state index is 0.00260. The molecular weight excluding hydrogens is 401 g/mol. The highest BCUT2D eigenvalue weighted by Crippen LogP contribution is 2.32.